The van der Waals surface area contributed by atoms with Gasteiger partial charge in [-0.15, -0.1) is 0 Å². The van der Waals surface area contributed by atoms with E-state index in [9.17, 15) is 13.2 Å². The highest BCUT2D eigenvalue weighted by Gasteiger charge is 2.37. The van der Waals surface area contributed by atoms with Crippen LogP contribution in [0.3, 0.4) is 0 Å². The number of carbonyl (C=O) groups excluding carboxylic acids is 1. The smallest absolute Gasteiger partial charge is 0.267 e. The second-order valence-corrected chi connectivity index (χ2v) is 9.56. The van der Waals surface area contributed by atoms with Gasteiger partial charge in [0.2, 0.25) is 0 Å². The molecule has 1 atom stereocenters. The van der Waals surface area contributed by atoms with Crippen molar-refractivity contribution in [2.24, 2.45) is 0 Å². The Labute approximate surface area is 191 Å². The lowest BCUT2D eigenvalue weighted by Gasteiger charge is -2.34. The second kappa shape index (κ2) is 8.72. The maximum absolute atomic E-state index is 13.4. The number of methoxy groups -OCH3 is 1. The highest BCUT2D eigenvalue weighted by atomic mass is 35.5. The van der Waals surface area contributed by atoms with Crippen molar-refractivity contribution in [2.75, 3.05) is 23.3 Å². The zero-order valence-electron chi connectivity index (χ0n) is 17.4. The number of fused-ring (bicyclic) bond motifs is 1. The number of halogens is 1. The predicted molar refractivity (Wildman–Crippen MR) is 123 cm³/mol. The average Bonchev–Trinajstić information content (AvgIpc) is 2.78. The molecule has 1 N–H and O–H groups in total. The quantitative estimate of drug-likeness (QED) is 0.600. The second-order valence-electron chi connectivity index (χ2n) is 7.26. The van der Waals surface area contributed by atoms with Crippen LogP contribution in [0.25, 0.3) is 0 Å². The highest BCUT2D eigenvalue weighted by molar-refractivity contribution is 7.92. The topological polar surface area (TPSA) is 84.9 Å². The van der Waals surface area contributed by atoms with Crippen LogP contribution in [0.2, 0.25) is 5.02 Å². The number of para-hydroxylation sites is 2. The predicted octanol–water partition coefficient (Wildman–Crippen LogP) is 4.25. The maximum atomic E-state index is 13.4. The van der Waals surface area contributed by atoms with E-state index < -0.39 is 22.0 Å². The zero-order valence-corrected chi connectivity index (χ0v) is 19.0. The lowest BCUT2D eigenvalue weighted by Crippen LogP contribution is -2.48. The van der Waals surface area contributed by atoms with E-state index in [1.54, 1.807) is 36.4 Å². The number of hydrogen-bond donors (Lipinski definition) is 1. The number of hydrogen-bond acceptors (Lipinski definition) is 5. The molecule has 0 aromatic heterocycles. The van der Waals surface area contributed by atoms with Crippen LogP contribution >= 0.6 is 11.6 Å². The van der Waals surface area contributed by atoms with Gasteiger partial charge in [-0.1, -0.05) is 29.8 Å². The van der Waals surface area contributed by atoms with Gasteiger partial charge in [-0.25, -0.2) is 8.42 Å². The van der Waals surface area contributed by atoms with E-state index in [0.717, 1.165) is 5.56 Å². The van der Waals surface area contributed by atoms with Gasteiger partial charge >= 0.3 is 0 Å². The lowest BCUT2D eigenvalue weighted by atomic mass is 10.2. The van der Waals surface area contributed by atoms with Crippen LogP contribution in [-0.4, -0.2) is 34.1 Å². The fourth-order valence-electron chi connectivity index (χ4n) is 3.43. The van der Waals surface area contributed by atoms with E-state index in [-0.39, 0.29) is 11.4 Å². The number of amides is 1. The van der Waals surface area contributed by atoms with Gasteiger partial charge in [-0.2, -0.15) is 0 Å². The monoisotopic (exact) mass is 472 g/mol. The van der Waals surface area contributed by atoms with Crippen molar-refractivity contribution in [3.8, 4) is 11.5 Å². The van der Waals surface area contributed by atoms with E-state index in [4.69, 9.17) is 21.1 Å². The first-order chi connectivity index (χ1) is 15.3. The number of nitrogens with one attached hydrogen (secondary N) is 1. The van der Waals surface area contributed by atoms with Gasteiger partial charge in [0.1, 0.15) is 11.5 Å². The molecule has 1 heterocycles. The van der Waals surface area contributed by atoms with Gasteiger partial charge in [0, 0.05) is 5.02 Å². The third-order valence-corrected chi connectivity index (χ3v) is 7.09. The summed E-state index contributed by atoms with van der Waals surface area (Å²) < 4.78 is 39.2. The van der Waals surface area contributed by atoms with Crippen LogP contribution in [0.15, 0.2) is 71.6 Å². The molecule has 0 aliphatic carbocycles. The number of nitrogens with zero attached hydrogens (tertiary/aromatic N) is 1. The van der Waals surface area contributed by atoms with Crippen molar-refractivity contribution < 1.29 is 22.7 Å². The van der Waals surface area contributed by atoms with Gasteiger partial charge in [0.25, 0.3) is 15.9 Å². The molecule has 0 saturated heterocycles. The van der Waals surface area contributed by atoms with Crippen molar-refractivity contribution in [1.29, 1.82) is 0 Å². The van der Waals surface area contributed by atoms with Crippen LogP contribution in [0.5, 0.6) is 11.5 Å². The molecular formula is C23H21ClN2O5S. The largest absolute Gasteiger partial charge is 0.495 e. The molecule has 166 valence electrons. The summed E-state index contributed by atoms with van der Waals surface area (Å²) in [5.41, 5.74) is 1.77. The van der Waals surface area contributed by atoms with Crippen molar-refractivity contribution in [2.45, 2.75) is 17.9 Å². The summed E-state index contributed by atoms with van der Waals surface area (Å²) in [7, 11) is -2.45. The molecule has 9 heteroatoms. The molecule has 0 fully saturated rings. The maximum Gasteiger partial charge on any atom is 0.267 e. The molecular weight excluding hydrogens is 452 g/mol. The fourth-order valence-corrected chi connectivity index (χ4v) is 5.03. The average molecular weight is 473 g/mol. The van der Waals surface area contributed by atoms with Crippen LogP contribution in [0.4, 0.5) is 11.4 Å². The first kappa shape index (κ1) is 22.0. The van der Waals surface area contributed by atoms with E-state index in [1.807, 2.05) is 13.0 Å². The first-order valence-electron chi connectivity index (χ1n) is 9.79. The summed E-state index contributed by atoms with van der Waals surface area (Å²) >= 11 is 5.91. The molecule has 3 aromatic carbocycles. The van der Waals surface area contributed by atoms with Crippen LogP contribution in [-0.2, 0) is 14.8 Å². The molecule has 1 amide bonds. The Morgan fingerprint density at radius 3 is 2.56 bits per heavy atom. The SMILES string of the molecule is COc1ccc(C)cc1NC(=O)C1CN(S(=O)(=O)c2ccc(Cl)cc2)c2ccccc2O1. The number of carbonyl (C=O) groups is 1. The Morgan fingerprint density at radius 1 is 1.12 bits per heavy atom. The summed E-state index contributed by atoms with van der Waals surface area (Å²) in [5, 5.41) is 3.22. The van der Waals surface area contributed by atoms with Crippen LogP contribution < -0.4 is 19.1 Å². The van der Waals surface area contributed by atoms with Gasteiger partial charge in [0.15, 0.2) is 6.10 Å². The van der Waals surface area contributed by atoms with Gasteiger partial charge in [-0.05, 0) is 61.0 Å². The summed E-state index contributed by atoms with van der Waals surface area (Å²) in [6, 6.07) is 18.0. The minimum Gasteiger partial charge on any atom is -0.495 e. The van der Waals surface area contributed by atoms with Gasteiger partial charge in [0.05, 0.1) is 29.9 Å². The van der Waals surface area contributed by atoms with E-state index in [2.05, 4.69) is 5.32 Å². The molecule has 0 radical (unpaired) electrons. The molecule has 32 heavy (non-hydrogen) atoms. The third-order valence-electron chi connectivity index (χ3n) is 5.04. The van der Waals surface area contributed by atoms with Crippen LogP contribution in [0, 0.1) is 6.92 Å². The molecule has 1 aliphatic heterocycles. The van der Waals surface area contributed by atoms with Gasteiger partial charge < -0.3 is 14.8 Å². The summed E-state index contributed by atoms with van der Waals surface area (Å²) in [4.78, 5) is 13.1. The standard InChI is InChI=1S/C23H21ClN2O5S/c1-15-7-12-20(30-2)18(13-15)25-23(27)22-14-26(19-5-3-4-6-21(19)31-22)32(28,29)17-10-8-16(24)9-11-17/h3-13,22H,14H2,1-2H3,(H,25,27). The Hall–Kier alpha value is -3.23. The number of benzene rings is 3. The number of sulfonamides is 1. The fraction of sp³-hybridized carbons (Fsp3) is 0.174. The van der Waals surface area contributed by atoms with Crippen molar-refractivity contribution in [3.05, 3.63) is 77.3 Å². The molecule has 1 unspecified atom stereocenters. The molecule has 0 saturated carbocycles. The molecule has 3 aromatic rings. The Balaban J connectivity index is 1.67. The lowest BCUT2D eigenvalue weighted by molar-refractivity contribution is -0.122. The number of ether oxygens (including phenoxy) is 2. The first-order valence-corrected chi connectivity index (χ1v) is 11.6. The minimum absolute atomic E-state index is 0.0677. The van der Waals surface area contributed by atoms with Gasteiger partial charge in [-0.3, -0.25) is 9.10 Å². The summed E-state index contributed by atoms with van der Waals surface area (Å²) in [6.45, 7) is 1.70. The molecule has 1 aliphatic rings. The number of anilines is 2. The Bertz CT molecular complexity index is 1260. The molecule has 0 spiro atoms. The normalized spacial score (nSPS) is 15.5. The highest BCUT2D eigenvalue weighted by Crippen LogP contribution is 2.37. The van der Waals surface area contributed by atoms with E-state index in [1.165, 1.54) is 35.7 Å². The zero-order chi connectivity index (χ0) is 22.9. The molecule has 7 nitrogen and oxygen atoms in total. The van der Waals surface area contributed by atoms with Crippen LogP contribution in [0.1, 0.15) is 5.56 Å². The molecule has 0 bridgehead atoms. The Morgan fingerprint density at radius 2 is 1.84 bits per heavy atom. The number of aryl methyl sites for hydroxylation is 1. The Kier molecular flexibility index (Phi) is 5.99. The van der Waals surface area contributed by atoms with Crippen molar-refractivity contribution in [1.82, 2.24) is 0 Å². The van der Waals surface area contributed by atoms with Crippen molar-refractivity contribution >= 4 is 38.9 Å². The van der Waals surface area contributed by atoms with E-state index in [0.29, 0.717) is 27.9 Å². The number of rotatable bonds is 5. The summed E-state index contributed by atoms with van der Waals surface area (Å²) in [6.07, 6.45) is -1.07. The third kappa shape index (κ3) is 4.24. The molecule has 4 rings (SSSR count). The van der Waals surface area contributed by atoms with E-state index >= 15 is 0 Å². The minimum atomic E-state index is -3.96. The van der Waals surface area contributed by atoms with Crippen molar-refractivity contribution in [3.63, 3.8) is 0 Å². The summed E-state index contributed by atoms with van der Waals surface area (Å²) in [5.74, 6) is 0.304.